The van der Waals surface area contributed by atoms with Crippen LogP contribution in [0.15, 0.2) is 24.3 Å². The number of hydrogen-bond donors (Lipinski definition) is 1. The highest BCUT2D eigenvalue weighted by Crippen LogP contribution is 2.31. The molecule has 6 heteroatoms. The van der Waals surface area contributed by atoms with Gasteiger partial charge in [0, 0.05) is 17.8 Å². The molecule has 0 radical (unpaired) electrons. The maximum absolute atomic E-state index is 12.4. The summed E-state index contributed by atoms with van der Waals surface area (Å²) in [6, 6.07) is 7.50. The zero-order valence-corrected chi connectivity index (χ0v) is 12.2. The first-order valence-corrected chi connectivity index (χ1v) is 8.66. The molecule has 1 fully saturated rings. The van der Waals surface area contributed by atoms with E-state index in [0.29, 0.717) is 6.42 Å². The average Bonchev–Trinajstić information content (AvgIpc) is 2.88. The van der Waals surface area contributed by atoms with E-state index < -0.39 is 9.84 Å². The summed E-state index contributed by atoms with van der Waals surface area (Å²) in [6.45, 7) is 2.00. The van der Waals surface area contributed by atoms with Crippen molar-refractivity contribution in [2.75, 3.05) is 16.4 Å². The second-order valence-electron chi connectivity index (χ2n) is 5.60. The smallest absolute Gasteiger partial charge is 0.322 e. The van der Waals surface area contributed by atoms with E-state index >= 15 is 0 Å². The zero-order valence-electron chi connectivity index (χ0n) is 11.4. The molecule has 0 aromatic heterocycles. The first-order chi connectivity index (χ1) is 9.46. The van der Waals surface area contributed by atoms with Crippen molar-refractivity contribution in [3.63, 3.8) is 0 Å². The van der Waals surface area contributed by atoms with Gasteiger partial charge in [-0.1, -0.05) is 18.2 Å². The molecule has 2 amide bonds. The van der Waals surface area contributed by atoms with Crippen LogP contribution in [0.3, 0.4) is 0 Å². The Hall–Kier alpha value is -1.56. The third kappa shape index (κ3) is 2.40. The van der Waals surface area contributed by atoms with Gasteiger partial charge in [0.1, 0.15) is 0 Å². The lowest BCUT2D eigenvalue weighted by atomic mass is 10.1. The van der Waals surface area contributed by atoms with Crippen LogP contribution in [0, 0.1) is 0 Å². The van der Waals surface area contributed by atoms with E-state index in [1.54, 1.807) is 4.90 Å². The predicted molar refractivity (Wildman–Crippen MR) is 77.7 cm³/mol. The maximum Gasteiger partial charge on any atom is 0.322 e. The maximum atomic E-state index is 12.4. The van der Waals surface area contributed by atoms with E-state index in [2.05, 4.69) is 5.32 Å². The molecule has 5 nitrogen and oxygen atoms in total. The molecule has 0 aliphatic carbocycles. The summed E-state index contributed by atoms with van der Waals surface area (Å²) < 4.78 is 22.9. The molecule has 0 spiro atoms. The minimum absolute atomic E-state index is 0.0581. The van der Waals surface area contributed by atoms with Crippen LogP contribution in [0.1, 0.15) is 18.9 Å². The van der Waals surface area contributed by atoms with Gasteiger partial charge in [-0.15, -0.1) is 0 Å². The standard InChI is InChI=1S/C14H18N2O3S/c1-10-8-11-4-2-3-5-13(11)16(10)14(17)15-12-6-7-20(18,19)9-12/h2-5,10,12H,6-9H2,1H3,(H,15,17). The molecule has 1 saturated heterocycles. The van der Waals surface area contributed by atoms with Crippen LogP contribution in [0.4, 0.5) is 10.5 Å². The summed E-state index contributed by atoms with van der Waals surface area (Å²) in [5.74, 6) is 0.229. The molecule has 2 unspecified atom stereocenters. The molecule has 2 atom stereocenters. The molecule has 1 N–H and O–H groups in total. The lowest BCUT2D eigenvalue weighted by molar-refractivity contribution is 0.242. The van der Waals surface area contributed by atoms with Crippen molar-refractivity contribution in [2.24, 2.45) is 0 Å². The summed E-state index contributed by atoms with van der Waals surface area (Å²) in [5.41, 5.74) is 2.09. The van der Waals surface area contributed by atoms with Gasteiger partial charge < -0.3 is 5.32 Å². The van der Waals surface area contributed by atoms with Gasteiger partial charge >= 0.3 is 6.03 Å². The molecule has 20 heavy (non-hydrogen) atoms. The van der Waals surface area contributed by atoms with Crippen LogP contribution in [0.2, 0.25) is 0 Å². The summed E-state index contributed by atoms with van der Waals surface area (Å²) in [5, 5.41) is 2.86. The largest absolute Gasteiger partial charge is 0.334 e. The topological polar surface area (TPSA) is 66.5 Å². The quantitative estimate of drug-likeness (QED) is 0.850. The van der Waals surface area contributed by atoms with Crippen molar-refractivity contribution in [1.29, 1.82) is 0 Å². The highest BCUT2D eigenvalue weighted by atomic mass is 32.2. The second kappa shape index (κ2) is 4.77. The Balaban J connectivity index is 1.75. The van der Waals surface area contributed by atoms with Gasteiger partial charge in [-0.05, 0) is 31.4 Å². The van der Waals surface area contributed by atoms with Crippen LogP contribution in [-0.4, -0.2) is 38.0 Å². The Labute approximate surface area is 118 Å². The number of rotatable bonds is 1. The number of amides is 2. The van der Waals surface area contributed by atoms with E-state index in [9.17, 15) is 13.2 Å². The molecule has 2 aliphatic heterocycles. The number of carbonyl (C=O) groups is 1. The third-order valence-electron chi connectivity index (χ3n) is 3.99. The van der Waals surface area contributed by atoms with Gasteiger partial charge in [-0.3, -0.25) is 4.90 Å². The Kier molecular flexibility index (Phi) is 3.20. The molecule has 2 aliphatic rings. The minimum Gasteiger partial charge on any atom is -0.334 e. The van der Waals surface area contributed by atoms with Gasteiger partial charge in [-0.25, -0.2) is 13.2 Å². The summed E-state index contributed by atoms with van der Waals surface area (Å²) in [7, 11) is -2.97. The Bertz CT molecular complexity index is 642. The van der Waals surface area contributed by atoms with Gasteiger partial charge in [0.2, 0.25) is 0 Å². The lowest BCUT2D eigenvalue weighted by Gasteiger charge is -2.24. The normalized spacial score (nSPS) is 27.4. The highest BCUT2D eigenvalue weighted by Gasteiger charge is 2.34. The van der Waals surface area contributed by atoms with Crippen molar-refractivity contribution in [3.8, 4) is 0 Å². The number of nitrogens with zero attached hydrogens (tertiary/aromatic N) is 1. The van der Waals surface area contributed by atoms with Gasteiger partial charge in [-0.2, -0.15) is 0 Å². The number of anilines is 1. The number of sulfone groups is 1. The molecule has 1 aromatic carbocycles. The predicted octanol–water partition coefficient (Wildman–Crippen LogP) is 1.33. The molecule has 0 bridgehead atoms. The van der Waals surface area contributed by atoms with Gasteiger partial charge in [0.15, 0.2) is 9.84 Å². The lowest BCUT2D eigenvalue weighted by Crippen LogP contribution is -2.47. The van der Waals surface area contributed by atoms with Crippen molar-refractivity contribution >= 4 is 21.6 Å². The second-order valence-corrected chi connectivity index (χ2v) is 7.83. The molecule has 0 saturated carbocycles. The first kappa shape index (κ1) is 13.4. The van der Waals surface area contributed by atoms with E-state index in [0.717, 1.165) is 17.7 Å². The Morgan fingerprint density at radius 1 is 1.35 bits per heavy atom. The Morgan fingerprint density at radius 2 is 2.10 bits per heavy atom. The molecule has 108 valence electrons. The van der Waals surface area contributed by atoms with Crippen molar-refractivity contribution in [2.45, 2.75) is 31.8 Å². The molecule has 2 heterocycles. The fourth-order valence-electron chi connectivity index (χ4n) is 3.03. The Morgan fingerprint density at radius 3 is 2.80 bits per heavy atom. The van der Waals surface area contributed by atoms with E-state index in [-0.39, 0.29) is 29.6 Å². The van der Waals surface area contributed by atoms with Crippen LogP contribution in [-0.2, 0) is 16.3 Å². The number of hydrogen-bond acceptors (Lipinski definition) is 3. The minimum atomic E-state index is -2.97. The molecule has 1 aromatic rings. The summed E-state index contributed by atoms with van der Waals surface area (Å²) >= 11 is 0. The van der Waals surface area contributed by atoms with Crippen LogP contribution < -0.4 is 10.2 Å². The van der Waals surface area contributed by atoms with Crippen molar-refractivity contribution in [1.82, 2.24) is 5.32 Å². The molecule has 3 rings (SSSR count). The number of urea groups is 1. The van der Waals surface area contributed by atoms with E-state index in [1.807, 2.05) is 31.2 Å². The first-order valence-electron chi connectivity index (χ1n) is 6.84. The van der Waals surface area contributed by atoms with Crippen molar-refractivity contribution in [3.05, 3.63) is 29.8 Å². The van der Waals surface area contributed by atoms with E-state index in [4.69, 9.17) is 0 Å². The SMILES string of the molecule is CC1Cc2ccccc2N1C(=O)NC1CCS(=O)(=O)C1. The number of fused-ring (bicyclic) bond motifs is 1. The molecular formula is C14H18N2O3S. The number of para-hydroxylation sites is 1. The summed E-state index contributed by atoms with van der Waals surface area (Å²) in [4.78, 5) is 14.1. The van der Waals surface area contributed by atoms with Crippen LogP contribution in [0.5, 0.6) is 0 Å². The fourth-order valence-corrected chi connectivity index (χ4v) is 4.70. The van der Waals surface area contributed by atoms with Crippen LogP contribution >= 0.6 is 0 Å². The monoisotopic (exact) mass is 294 g/mol. The van der Waals surface area contributed by atoms with E-state index in [1.165, 1.54) is 0 Å². The number of nitrogens with one attached hydrogen (secondary N) is 1. The van der Waals surface area contributed by atoms with Crippen molar-refractivity contribution < 1.29 is 13.2 Å². The van der Waals surface area contributed by atoms with Crippen LogP contribution in [0.25, 0.3) is 0 Å². The summed E-state index contributed by atoms with van der Waals surface area (Å²) in [6.07, 6.45) is 1.35. The van der Waals surface area contributed by atoms with Gasteiger partial charge in [0.25, 0.3) is 0 Å². The highest BCUT2D eigenvalue weighted by molar-refractivity contribution is 7.91. The molecular weight excluding hydrogens is 276 g/mol. The number of benzene rings is 1. The zero-order chi connectivity index (χ0) is 14.3. The third-order valence-corrected chi connectivity index (χ3v) is 5.75. The average molecular weight is 294 g/mol. The fraction of sp³-hybridized carbons (Fsp3) is 0.500. The number of carbonyl (C=O) groups excluding carboxylic acids is 1. The van der Waals surface area contributed by atoms with Gasteiger partial charge in [0.05, 0.1) is 11.5 Å².